The van der Waals surface area contributed by atoms with Crippen molar-refractivity contribution in [1.29, 1.82) is 0 Å². The van der Waals surface area contributed by atoms with Gasteiger partial charge in [-0.2, -0.15) is 5.10 Å². The van der Waals surface area contributed by atoms with E-state index in [1.165, 1.54) is 11.1 Å². The van der Waals surface area contributed by atoms with E-state index in [0.29, 0.717) is 12.1 Å². The van der Waals surface area contributed by atoms with Crippen LogP contribution in [0.4, 0.5) is 5.69 Å². The third kappa shape index (κ3) is 3.37. The van der Waals surface area contributed by atoms with Crippen molar-refractivity contribution in [3.8, 4) is 11.1 Å². The zero-order valence-electron chi connectivity index (χ0n) is 11.9. The Balaban J connectivity index is 1.70. The van der Waals surface area contributed by atoms with Gasteiger partial charge >= 0.3 is 0 Å². The van der Waals surface area contributed by atoms with Gasteiger partial charge in [-0.3, -0.25) is 10.2 Å². The molecule has 3 heteroatoms. The number of anilines is 1. The molecule has 1 N–H and O–H groups in total. The Kier molecular flexibility index (Phi) is 4.10. The van der Waals surface area contributed by atoms with Crippen LogP contribution in [0, 0.1) is 0 Å². The van der Waals surface area contributed by atoms with Gasteiger partial charge in [0.1, 0.15) is 5.71 Å². The molecule has 0 radical (unpaired) electrons. The first kappa shape index (κ1) is 13.6. The standard InChI is InChI=1S/C18H18N2O/c21-18-9-5-4-8-17(18)20-19-16-12-10-15(11-13-16)14-6-2-1-3-7-14/h1-3,6-7,10-13,19H,4-5,8-9H2/b20-17-. The third-order valence-corrected chi connectivity index (χ3v) is 3.70. The molecule has 0 saturated heterocycles. The first-order valence-electron chi connectivity index (χ1n) is 7.34. The van der Waals surface area contributed by atoms with Crippen molar-refractivity contribution < 1.29 is 4.79 Å². The average molecular weight is 278 g/mol. The molecule has 1 aliphatic rings. The maximum absolute atomic E-state index is 11.7. The molecule has 2 aromatic carbocycles. The van der Waals surface area contributed by atoms with Crippen molar-refractivity contribution in [3.05, 3.63) is 54.6 Å². The van der Waals surface area contributed by atoms with Gasteiger partial charge in [-0.1, -0.05) is 42.5 Å². The Hall–Kier alpha value is -2.42. The maximum Gasteiger partial charge on any atom is 0.178 e. The minimum Gasteiger partial charge on any atom is -0.293 e. The van der Waals surface area contributed by atoms with Gasteiger partial charge in [-0.15, -0.1) is 0 Å². The molecule has 3 nitrogen and oxygen atoms in total. The summed E-state index contributed by atoms with van der Waals surface area (Å²) < 4.78 is 0. The maximum atomic E-state index is 11.7. The van der Waals surface area contributed by atoms with Crippen molar-refractivity contribution in [1.82, 2.24) is 0 Å². The van der Waals surface area contributed by atoms with Gasteiger partial charge in [0, 0.05) is 6.42 Å². The zero-order chi connectivity index (χ0) is 14.5. The number of hydrazone groups is 1. The molecule has 0 aromatic heterocycles. The van der Waals surface area contributed by atoms with E-state index >= 15 is 0 Å². The van der Waals surface area contributed by atoms with Gasteiger partial charge < -0.3 is 0 Å². The van der Waals surface area contributed by atoms with Gasteiger partial charge in [0.15, 0.2) is 5.78 Å². The number of rotatable bonds is 3. The van der Waals surface area contributed by atoms with E-state index in [0.717, 1.165) is 24.9 Å². The van der Waals surface area contributed by atoms with E-state index in [-0.39, 0.29) is 5.78 Å². The van der Waals surface area contributed by atoms with Crippen LogP contribution in [0.5, 0.6) is 0 Å². The van der Waals surface area contributed by atoms with Crippen LogP contribution in [0.2, 0.25) is 0 Å². The Morgan fingerprint density at radius 2 is 1.48 bits per heavy atom. The molecular formula is C18H18N2O. The van der Waals surface area contributed by atoms with Gasteiger partial charge in [0.05, 0.1) is 5.69 Å². The highest BCUT2D eigenvalue weighted by atomic mass is 16.1. The topological polar surface area (TPSA) is 41.5 Å². The fourth-order valence-electron chi connectivity index (χ4n) is 2.48. The summed E-state index contributed by atoms with van der Waals surface area (Å²) in [6.45, 7) is 0. The normalized spacial score (nSPS) is 17.0. The molecule has 2 aromatic rings. The van der Waals surface area contributed by atoms with Crippen LogP contribution >= 0.6 is 0 Å². The van der Waals surface area contributed by atoms with Crippen LogP contribution in [0.3, 0.4) is 0 Å². The largest absolute Gasteiger partial charge is 0.293 e. The molecule has 1 saturated carbocycles. The summed E-state index contributed by atoms with van der Waals surface area (Å²) in [5.41, 5.74) is 6.93. The third-order valence-electron chi connectivity index (χ3n) is 3.70. The van der Waals surface area contributed by atoms with Crippen LogP contribution in [-0.2, 0) is 4.79 Å². The highest BCUT2D eigenvalue weighted by Crippen LogP contribution is 2.21. The van der Waals surface area contributed by atoms with E-state index in [9.17, 15) is 4.79 Å². The van der Waals surface area contributed by atoms with Crippen LogP contribution in [0.15, 0.2) is 59.7 Å². The summed E-state index contributed by atoms with van der Waals surface area (Å²) in [6, 6.07) is 18.3. The van der Waals surface area contributed by atoms with Gasteiger partial charge in [-0.25, -0.2) is 0 Å². The molecule has 0 atom stereocenters. The van der Waals surface area contributed by atoms with Crippen molar-refractivity contribution in [2.75, 3.05) is 5.43 Å². The summed E-state index contributed by atoms with van der Waals surface area (Å²) in [6.07, 6.45) is 3.46. The quantitative estimate of drug-likeness (QED) is 0.852. The van der Waals surface area contributed by atoms with Gasteiger partial charge in [0.2, 0.25) is 0 Å². The Bertz CT molecular complexity index is 645. The predicted molar refractivity (Wildman–Crippen MR) is 86.4 cm³/mol. The van der Waals surface area contributed by atoms with E-state index in [1.54, 1.807) is 0 Å². The zero-order valence-corrected chi connectivity index (χ0v) is 11.9. The minimum absolute atomic E-state index is 0.176. The summed E-state index contributed by atoms with van der Waals surface area (Å²) >= 11 is 0. The number of nitrogens with one attached hydrogen (secondary N) is 1. The Morgan fingerprint density at radius 3 is 2.19 bits per heavy atom. The van der Waals surface area contributed by atoms with E-state index in [1.807, 2.05) is 30.3 Å². The van der Waals surface area contributed by atoms with Crippen molar-refractivity contribution in [2.24, 2.45) is 5.10 Å². The SMILES string of the molecule is O=C1CCCC/C1=N/Nc1ccc(-c2ccccc2)cc1. The monoisotopic (exact) mass is 278 g/mol. The summed E-state index contributed by atoms with van der Waals surface area (Å²) in [5, 5.41) is 4.25. The number of carbonyl (C=O) groups is 1. The second-order valence-corrected chi connectivity index (χ2v) is 5.24. The lowest BCUT2D eigenvalue weighted by molar-refractivity contribution is -0.113. The van der Waals surface area contributed by atoms with Crippen molar-refractivity contribution in [2.45, 2.75) is 25.7 Å². The molecule has 0 heterocycles. The molecule has 3 rings (SSSR count). The van der Waals surface area contributed by atoms with Gasteiger partial charge in [-0.05, 0) is 42.5 Å². The molecule has 106 valence electrons. The lowest BCUT2D eigenvalue weighted by atomic mass is 9.97. The molecule has 0 aliphatic heterocycles. The van der Waals surface area contributed by atoms with Crippen molar-refractivity contribution >= 4 is 17.2 Å². The number of ketones is 1. The number of hydrogen-bond donors (Lipinski definition) is 1. The lowest BCUT2D eigenvalue weighted by Crippen LogP contribution is -2.19. The number of carbonyl (C=O) groups excluding carboxylic acids is 1. The highest BCUT2D eigenvalue weighted by molar-refractivity contribution is 6.40. The predicted octanol–water partition coefficient (Wildman–Crippen LogP) is 4.26. The molecule has 1 fully saturated rings. The second-order valence-electron chi connectivity index (χ2n) is 5.24. The van der Waals surface area contributed by atoms with E-state index in [4.69, 9.17) is 0 Å². The number of Topliss-reactive ketones (excluding diaryl/α,β-unsaturated/α-hetero) is 1. The second kappa shape index (κ2) is 6.35. The number of benzene rings is 2. The molecular weight excluding hydrogens is 260 g/mol. The first-order valence-corrected chi connectivity index (χ1v) is 7.34. The van der Waals surface area contributed by atoms with Crippen LogP contribution in [-0.4, -0.2) is 11.5 Å². The lowest BCUT2D eigenvalue weighted by Gasteiger charge is -2.11. The minimum atomic E-state index is 0.176. The molecule has 0 spiro atoms. The Labute approximate surface area is 124 Å². The van der Waals surface area contributed by atoms with E-state index < -0.39 is 0 Å². The van der Waals surface area contributed by atoms with Gasteiger partial charge in [0.25, 0.3) is 0 Å². The first-order chi connectivity index (χ1) is 10.3. The summed E-state index contributed by atoms with van der Waals surface area (Å²) in [4.78, 5) is 11.7. The van der Waals surface area contributed by atoms with Crippen LogP contribution < -0.4 is 5.43 Å². The fraction of sp³-hybridized carbons (Fsp3) is 0.222. The molecule has 21 heavy (non-hydrogen) atoms. The summed E-state index contributed by atoms with van der Waals surface area (Å²) in [7, 11) is 0. The smallest absolute Gasteiger partial charge is 0.178 e. The van der Waals surface area contributed by atoms with Crippen molar-refractivity contribution in [3.63, 3.8) is 0 Å². The summed E-state index contributed by atoms with van der Waals surface area (Å²) in [5.74, 6) is 0.176. The number of hydrogen-bond acceptors (Lipinski definition) is 3. The molecule has 1 aliphatic carbocycles. The highest BCUT2D eigenvalue weighted by Gasteiger charge is 2.16. The molecule has 0 amide bonds. The van der Waals surface area contributed by atoms with Crippen LogP contribution in [0.25, 0.3) is 11.1 Å². The molecule has 0 unspecified atom stereocenters. The van der Waals surface area contributed by atoms with E-state index in [2.05, 4.69) is 34.8 Å². The average Bonchev–Trinajstić information content (AvgIpc) is 2.55. The number of nitrogens with zero attached hydrogens (tertiary/aromatic N) is 1. The van der Waals surface area contributed by atoms with Crippen LogP contribution in [0.1, 0.15) is 25.7 Å². The molecule has 0 bridgehead atoms. The fourth-order valence-corrected chi connectivity index (χ4v) is 2.48. The Morgan fingerprint density at radius 1 is 0.810 bits per heavy atom.